The first-order valence-electron chi connectivity index (χ1n) is 5.86. The van der Waals surface area contributed by atoms with Gasteiger partial charge in [0.15, 0.2) is 0 Å². The Hall–Kier alpha value is -1.16. The van der Waals surface area contributed by atoms with E-state index in [4.69, 9.17) is 4.74 Å². The molecule has 1 aromatic carbocycles. The summed E-state index contributed by atoms with van der Waals surface area (Å²) in [5, 5.41) is 9.77. The summed E-state index contributed by atoms with van der Waals surface area (Å²) in [7, 11) is -2.66. The first kappa shape index (κ1) is 17.9. The lowest BCUT2D eigenvalue weighted by molar-refractivity contribution is -0.137. The third-order valence-corrected chi connectivity index (χ3v) is 4.01. The Bertz CT molecular complexity index is 567. The lowest BCUT2D eigenvalue weighted by Gasteiger charge is -2.22. The van der Waals surface area contributed by atoms with Gasteiger partial charge >= 0.3 is 6.18 Å². The van der Waals surface area contributed by atoms with Gasteiger partial charge in [0.25, 0.3) is 0 Å². The molecule has 0 heterocycles. The average Bonchev–Trinajstić information content (AvgIpc) is 2.36. The minimum Gasteiger partial charge on any atom is -0.386 e. The second-order valence-corrected chi connectivity index (χ2v) is 6.54. The zero-order chi connectivity index (χ0) is 16.3. The molecule has 0 radical (unpaired) electrons. The number of rotatable bonds is 6. The fourth-order valence-corrected chi connectivity index (χ4v) is 2.68. The number of hydrogen-bond donors (Lipinski definition) is 2. The van der Waals surface area contributed by atoms with E-state index >= 15 is 0 Å². The first-order chi connectivity index (χ1) is 9.48. The molecule has 0 spiro atoms. The van der Waals surface area contributed by atoms with Gasteiger partial charge in [-0.3, -0.25) is 0 Å². The molecule has 0 bridgehead atoms. The Balaban J connectivity index is 2.84. The highest BCUT2D eigenvalue weighted by Gasteiger charge is 2.31. The fourth-order valence-electron chi connectivity index (χ4n) is 1.52. The van der Waals surface area contributed by atoms with Crippen LogP contribution in [0.4, 0.5) is 13.2 Å². The van der Waals surface area contributed by atoms with Crippen molar-refractivity contribution < 1.29 is 31.4 Å². The summed E-state index contributed by atoms with van der Waals surface area (Å²) in [5.41, 5.74) is -2.36. The predicted octanol–water partition coefficient (Wildman–Crippen LogP) is 1.38. The van der Waals surface area contributed by atoms with Crippen molar-refractivity contribution in [3.63, 3.8) is 0 Å². The lowest BCUT2D eigenvalue weighted by Crippen LogP contribution is -2.43. The van der Waals surface area contributed by atoms with Crippen LogP contribution in [-0.2, 0) is 20.9 Å². The van der Waals surface area contributed by atoms with Gasteiger partial charge in [-0.25, -0.2) is 13.1 Å². The summed E-state index contributed by atoms with van der Waals surface area (Å²) in [6.45, 7) is 0.943. The number of methoxy groups -OCH3 is 1. The molecule has 0 aromatic heterocycles. The third-order valence-electron chi connectivity index (χ3n) is 2.59. The standard InChI is InChI=1S/C12H16F3NO4S/c1-11(17,8-20-2)7-16-21(18,19)10-5-3-9(4-6-10)12(13,14)15/h3-6,16-17H,7-8H2,1-2H3/t11-/m0/s1. The van der Waals surface area contributed by atoms with Crippen LogP contribution in [0.25, 0.3) is 0 Å². The van der Waals surface area contributed by atoms with Gasteiger partial charge in [-0.05, 0) is 31.2 Å². The normalized spacial score (nSPS) is 15.7. The first-order valence-corrected chi connectivity index (χ1v) is 7.34. The Labute approximate surface area is 120 Å². The van der Waals surface area contributed by atoms with Gasteiger partial charge < -0.3 is 9.84 Å². The largest absolute Gasteiger partial charge is 0.416 e. The number of sulfonamides is 1. The van der Waals surface area contributed by atoms with Crippen molar-refractivity contribution in [2.24, 2.45) is 0 Å². The molecule has 0 aliphatic heterocycles. The molecular weight excluding hydrogens is 311 g/mol. The van der Waals surface area contributed by atoms with Crippen molar-refractivity contribution in [1.82, 2.24) is 4.72 Å². The molecule has 1 rings (SSSR count). The van der Waals surface area contributed by atoms with Crippen LogP contribution in [0.1, 0.15) is 12.5 Å². The van der Waals surface area contributed by atoms with Crippen LogP contribution in [0.5, 0.6) is 0 Å². The van der Waals surface area contributed by atoms with Crippen molar-refractivity contribution >= 4 is 10.0 Å². The molecule has 2 N–H and O–H groups in total. The maximum atomic E-state index is 12.4. The molecule has 5 nitrogen and oxygen atoms in total. The molecule has 0 saturated carbocycles. The summed E-state index contributed by atoms with van der Waals surface area (Å²) >= 11 is 0. The second kappa shape index (κ2) is 6.30. The van der Waals surface area contributed by atoms with E-state index in [1.54, 1.807) is 0 Å². The fraction of sp³-hybridized carbons (Fsp3) is 0.500. The van der Waals surface area contributed by atoms with Crippen LogP contribution in [0.15, 0.2) is 29.2 Å². The number of benzene rings is 1. The number of hydrogen-bond acceptors (Lipinski definition) is 4. The summed E-state index contributed by atoms with van der Waals surface area (Å²) < 4.78 is 67.8. The van der Waals surface area contributed by atoms with Crippen LogP contribution >= 0.6 is 0 Å². The van der Waals surface area contributed by atoms with Crippen molar-refractivity contribution in [3.8, 4) is 0 Å². The van der Waals surface area contributed by atoms with Crippen molar-refractivity contribution in [3.05, 3.63) is 29.8 Å². The molecule has 9 heteroatoms. The smallest absolute Gasteiger partial charge is 0.386 e. The monoisotopic (exact) mass is 327 g/mol. The number of nitrogens with one attached hydrogen (secondary N) is 1. The van der Waals surface area contributed by atoms with Crippen LogP contribution in [0.2, 0.25) is 0 Å². The van der Waals surface area contributed by atoms with E-state index in [0.29, 0.717) is 12.1 Å². The van der Waals surface area contributed by atoms with E-state index in [9.17, 15) is 26.7 Å². The number of ether oxygens (including phenoxy) is 1. The van der Waals surface area contributed by atoms with Crippen LogP contribution < -0.4 is 4.72 Å². The van der Waals surface area contributed by atoms with E-state index in [-0.39, 0.29) is 18.0 Å². The van der Waals surface area contributed by atoms with Crippen LogP contribution in [-0.4, -0.2) is 39.4 Å². The van der Waals surface area contributed by atoms with E-state index < -0.39 is 27.4 Å². The highest BCUT2D eigenvalue weighted by Crippen LogP contribution is 2.29. The molecule has 21 heavy (non-hydrogen) atoms. The van der Waals surface area contributed by atoms with Gasteiger partial charge in [-0.15, -0.1) is 0 Å². The summed E-state index contributed by atoms with van der Waals surface area (Å²) in [6.07, 6.45) is -4.53. The molecule has 0 amide bonds. The summed E-state index contributed by atoms with van der Waals surface area (Å²) in [5.74, 6) is 0. The van der Waals surface area contributed by atoms with Gasteiger partial charge in [0.05, 0.1) is 22.7 Å². The third kappa shape index (κ3) is 5.27. The molecule has 120 valence electrons. The number of halogens is 3. The average molecular weight is 327 g/mol. The molecule has 0 aliphatic carbocycles. The predicted molar refractivity (Wildman–Crippen MR) is 69.1 cm³/mol. The molecule has 0 aliphatic rings. The molecule has 1 aromatic rings. The highest BCUT2D eigenvalue weighted by atomic mass is 32.2. The number of aliphatic hydroxyl groups is 1. The zero-order valence-corrected chi connectivity index (χ0v) is 12.3. The summed E-state index contributed by atoms with van der Waals surface area (Å²) in [4.78, 5) is -0.316. The van der Waals surface area contributed by atoms with Gasteiger partial charge in [-0.1, -0.05) is 0 Å². The van der Waals surface area contributed by atoms with Gasteiger partial charge in [-0.2, -0.15) is 13.2 Å². The Morgan fingerprint density at radius 3 is 2.19 bits per heavy atom. The topological polar surface area (TPSA) is 75.6 Å². The van der Waals surface area contributed by atoms with E-state index in [1.165, 1.54) is 14.0 Å². The molecule has 0 fully saturated rings. The molecule has 0 unspecified atom stereocenters. The quantitative estimate of drug-likeness (QED) is 0.828. The van der Waals surface area contributed by atoms with Gasteiger partial charge in [0, 0.05) is 13.7 Å². The Morgan fingerprint density at radius 2 is 1.76 bits per heavy atom. The van der Waals surface area contributed by atoms with E-state index in [1.807, 2.05) is 0 Å². The minimum atomic E-state index is -4.53. The molecular formula is C12H16F3NO4S. The van der Waals surface area contributed by atoms with Crippen LogP contribution in [0, 0.1) is 0 Å². The van der Waals surface area contributed by atoms with E-state index in [0.717, 1.165) is 12.1 Å². The zero-order valence-electron chi connectivity index (χ0n) is 11.4. The summed E-state index contributed by atoms with van der Waals surface area (Å²) in [6, 6.07) is 3.08. The maximum absolute atomic E-state index is 12.4. The highest BCUT2D eigenvalue weighted by molar-refractivity contribution is 7.89. The second-order valence-electron chi connectivity index (χ2n) is 4.78. The van der Waals surface area contributed by atoms with Crippen molar-refractivity contribution in [2.75, 3.05) is 20.3 Å². The van der Waals surface area contributed by atoms with Gasteiger partial charge in [0.1, 0.15) is 0 Å². The van der Waals surface area contributed by atoms with Crippen LogP contribution in [0.3, 0.4) is 0 Å². The minimum absolute atomic E-state index is 0.0947. The van der Waals surface area contributed by atoms with Crippen molar-refractivity contribution in [2.45, 2.75) is 23.6 Å². The molecule has 1 atom stereocenters. The Kier molecular flexibility index (Phi) is 5.37. The Morgan fingerprint density at radius 1 is 1.24 bits per heavy atom. The maximum Gasteiger partial charge on any atom is 0.416 e. The van der Waals surface area contributed by atoms with Gasteiger partial charge in [0.2, 0.25) is 10.0 Å². The van der Waals surface area contributed by atoms with E-state index in [2.05, 4.69) is 4.72 Å². The van der Waals surface area contributed by atoms with Crippen molar-refractivity contribution in [1.29, 1.82) is 0 Å². The molecule has 0 saturated heterocycles. The SMILES string of the molecule is COC[C@@](C)(O)CNS(=O)(=O)c1ccc(C(F)(F)F)cc1. The number of alkyl halides is 3. The lowest BCUT2D eigenvalue weighted by atomic mass is 10.1.